The fourth-order valence-electron chi connectivity index (χ4n) is 2.90. The molecule has 0 aliphatic heterocycles. The zero-order valence-corrected chi connectivity index (χ0v) is 14.4. The Balaban J connectivity index is 1.88. The van der Waals surface area contributed by atoms with E-state index in [9.17, 15) is 0 Å². The summed E-state index contributed by atoms with van der Waals surface area (Å²) in [5, 5.41) is 2.17. The zero-order valence-electron chi connectivity index (χ0n) is 12.8. The van der Waals surface area contributed by atoms with Crippen molar-refractivity contribution >= 4 is 22.7 Å². The lowest BCUT2D eigenvalue weighted by atomic mass is 10.0. The Morgan fingerprint density at radius 3 is 2.67 bits per heavy atom. The highest BCUT2D eigenvalue weighted by Gasteiger charge is 2.37. The summed E-state index contributed by atoms with van der Waals surface area (Å²) >= 11 is 3.76. The van der Waals surface area contributed by atoms with Gasteiger partial charge in [-0.25, -0.2) is 0 Å². The molecule has 2 atom stereocenters. The first-order chi connectivity index (χ1) is 10.2. The summed E-state index contributed by atoms with van der Waals surface area (Å²) in [6, 6.07) is 10.2. The van der Waals surface area contributed by atoms with Crippen molar-refractivity contribution in [2.45, 2.75) is 57.8 Å². The Morgan fingerprint density at radius 1 is 1.33 bits per heavy atom. The third kappa shape index (κ3) is 3.57. The smallest absolute Gasteiger partial charge is 0.0599 e. The summed E-state index contributed by atoms with van der Waals surface area (Å²) in [4.78, 5) is 6.92. The van der Waals surface area contributed by atoms with Crippen molar-refractivity contribution in [2.75, 3.05) is 0 Å². The van der Waals surface area contributed by atoms with E-state index in [0.29, 0.717) is 6.04 Å². The minimum Gasteiger partial charge on any atom is -0.326 e. The SMILES string of the molecule is CCC(N)C(c1ccc(C)s1)N(Cc1cccs1)C1CC1. The number of rotatable bonds is 7. The molecule has 21 heavy (non-hydrogen) atoms. The largest absolute Gasteiger partial charge is 0.326 e. The van der Waals surface area contributed by atoms with Crippen LogP contribution in [0.25, 0.3) is 0 Å². The Labute approximate surface area is 135 Å². The second-order valence-corrected chi connectivity index (χ2v) is 8.30. The fourth-order valence-corrected chi connectivity index (χ4v) is 4.69. The maximum Gasteiger partial charge on any atom is 0.0599 e. The van der Waals surface area contributed by atoms with Crippen LogP contribution in [0.1, 0.15) is 46.9 Å². The second-order valence-electron chi connectivity index (χ2n) is 5.95. The highest BCUT2D eigenvalue weighted by atomic mass is 32.1. The van der Waals surface area contributed by atoms with Crippen molar-refractivity contribution in [1.82, 2.24) is 4.90 Å². The molecule has 1 fully saturated rings. The normalized spacial score (nSPS) is 18.1. The molecule has 2 N–H and O–H groups in total. The van der Waals surface area contributed by atoms with Crippen LogP contribution >= 0.6 is 22.7 Å². The van der Waals surface area contributed by atoms with Crippen molar-refractivity contribution in [3.05, 3.63) is 44.3 Å². The molecule has 0 spiro atoms. The molecule has 1 aliphatic carbocycles. The number of thiophene rings is 2. The van der Waals surface area contributed by atoms with Crippen LogP contribution in [0.15, 0.2) is 29.6 Å². The average molecular weight is 321 g/mol. The van der Waals surface area contributed by atoms with E-state index in [2.05, 4.69) is 48.4 Å². The summed E-state index contributed by atoms with van der Waals surface area (Å²) in [5.74, 6) is 0. The highest BCUT2D eigenvalue weighted by Crippen LogP contribution is 2.40. The van der Waals surface area contributed by atoms with Crippen LogP contribution in [-0.2, 0) is 6.54 Å². The molecule has 2 unspecified atom stereocenters. The van der Waals surface area contributed by atoms with E-state index in [-0.39, 0.29) is 6.04 Å². The third-order valence-corrected chi connectivity index (χ3v) is 6.15. The van der Waals surface area contributed by atoms with Crippen LogP contribution in [-0.4, -0.2) is 17.0 Å². The van der Waals surface area contributed by atoms with Gasteiger partial charge in [0.15, 0.2) is 0 Å². The molecule has 0 radical (unpaired) electrons. The van der Waals surface area contributed by atoms with Crippen LogP contribution in [0.4, 0.5) is 0 Å². The first kappa shape index (κ1) is 15.2. The lowest BCUT2D eigenvalue weighted by Crippen LogP contribution is -2.41. The lowest BCUT2D eigenvalue weighted by molar-refractivity contribution is 0.155. The molecule has 1 saturated carbocycles. The van der Waals surface area contributed by atoms with E-state index in [1.165, 1.54) is 27.5 Å². The Bertz CT molecular complexity index is 557. The van der Waals surface area contributed by atoms with E-state index in [1.807, 2.05) is 22.7 Å². The summed E-state index contributed by atoms with van der Waals surface area (Å²) in [6.45, 7) is 5.43. The van der Waals surface area contributed by atoms with Gasteiger partial charge in [-0.2, -0.15) is 0 Å². The molecule has 2 aromatic rings. The molecular weight excluding hydrogens is 296 g/mol. The molecule has 4 heteroatoms. The van der Waals surface area contributed by atoms with Crippen molar-refractivity contribution in [3.8, 4) is 0 Å². The van der Waals surface area contributed by atoms with Crippen LogP contribution in [0.3, 0.4) is 0 Å². The van der Waals surface area contributed by atoms with Crippen molar-refractivity contribution in [2.24, 2.45) is 5.73 Å². The van der Waals surface area contributed by atoms with Gasteiger partial charge in [-0.1, -0.05) is 13.0 Å². The minimum atomic E-state index is 0.212. The quantitative estimate of drug-likeness (QED) is 0.810. The van der Waals surface area contributed by atoms with Crippen molar-refractivity contribution in [1.29, 1.82) is 0 Å². The van der Waals surface area contributed by atoms with Gasteiger partial charge in [-0.3, -0.25) is 4.90 Å². The molecule has 2 heterocycles. The number of hydrogen-bond acceptors (Lipinski definition) is 4. The van der Waals surface area contributed by atoms with Crippen LogP contribution in [0.2, 0.25) is 0 Å². The summed E-state index contributed by atoms with van der Waals surface area (Å²) in [5.41, 5.74) is 6.52. The Kier molecular flexibility index (Phi) is 4.79. The number of aryl methyl sites for hydroxylation is 1. The number of nitrogens with two attached hydrogens (primary N) is 1. The molecule has 1 aliphatic rings. The second kappa shape index (κ2) is 6.61. The standard InChI is InChI=1S/C17H24N2S2/c1-3-15(18)17(16-9-6-12(2)21-16)19(13-7-8-13)11-14-5-4-10-20-14/h4-6,9-10,13,15,17H,3,7-8,11,18H2,1-2H3. The topological polar surface area (TPSA) is 29.3 Å². The van der Waals surface area contributed by atoms with Gasteiger partial charge in [0, 0.05) is 33.3 Å². The average Bonchev–Trinajstić information content (AvgIpc) is 3.03. The first-order valence-electron chi connectivity index (χ1n) is 7.79. The fraction of sp³-hybridized carbons (Fsp3) is 0.529. The number of hydrogen-bond donors (Lipinski definition) is 1. The molecule has 0 amide bonds. The Hall–Kier alpha value is -0.680. The van der Waals surface area contributed by atoms with E-state index in [4.69, 9.17) is 5.73 Å². The van der Waals surface area contributed by atoms with Crippen LogP contribution in [0.5, 0.6) is 0 Å². The van der Waals surface area contributed by atoms with E-state index >= 15 is 0 Å². The maximum absolute atomic E-state index is 6.52. The van der Waals surface area contributed by atoms with E-state index in [0.717, 1.165) is 19.0 Å². The summed E-state index contributed by atoms with van der Waals surface area (Å²) in [7, 11) is 0. The van der Waals surface area contributed by atoms with Gasteiger partial charge in [0.2, 0.25) is 0 Å². The molecule has 2 nitrogen and oxygen atoms in total. The molecule has 114 valence electrons. The highest BCUT2D eigenvalue weighted by molar-refractivity contribution is 7.12. The Morgan fingerprint density at radius 2 is 2.14 bits per heavy atom. The molecule has 2 aromatic heterocycles. The molecule has 0 aromatic carbocycles. The maximum atomic E-state index is 6.52. The predicted octanol–water partition coefficient (Wildman–Crippen LogP) is 4.56. The van der Waals surface area contributed by atoms with Gasteiger partial charge in [0.05, 0.1) is 6.04 Å². The van der Waals surface area contributed by atoms with Gasteiger partial charge in [0.1, 0.15) is 0 Å². The molecule has 3 rings (SSSR count). The van der Waals surface area contributed by atoms with Crippen LogP contribution in [0, 0.1) is 6.92 Å². The van der Waals surface area contributed by atoms with Crippen molar-refractivity contribution in [3.63, 3.8) is 0 Å². The van der Waals surface area contributed by atoms with Gasteiger partial charge < -0.3 is 5.73 Å². The third-order valence-electron chi connectivity index (χ3n) is 4.22. The van der Waals surface area contributed by atoms with Gasteiger partial charge in [-0.05, 0) is 49.8 Å². The summed E-state index contributed by atoms with van der Waals surface area (Å²) < 4.78 is 0. The predicted molar refractivity (Wildman–Crippen MR) is 92.9 cm³/mol. The minimum absolute atomic E-state index is 0.212. The zero-order chi connectivity index (χ0) is 14.8. The van der Waals surface area contributed by atoms with E-state index in [1.54, 1.807) is 0 Å². The molecule has 0 bridgehead atoms. The number of nitrogens with zero attached hydrogens (tertiary/aromatic N) is 1. The first-order valence-corrected chi connectivity index (χ1v) is 9.48. The lowest BCUT2D eigenvalue weighted by Gasteiger charge is -2.34. The molecular formula is C17H24N2S2. The van der Waals surface area contributed by atoms with Gasteiger partial charge in [-0.15, -0.1) is 22.7 Å². The summed E-state index contributed by atoms with van der Waals surface area (Å²) in [6.07, 6.45) is 3.67. The van der Waals surface area contributed by atoms with E-state index < -0.39 is 0 Å². The van der Waals surface area contributed by atoms with Crippen molar-refractivity contribution < 1.29 is 0 Å². The monoisotopic (exact) mass is 320 g/mol. The molecule has 0 saturated heterocycles. The van der Waals surface area contributed by atoms with Crippen LogP contribution < -0.4 is 5.73 Å². The van der Waals surface area contributed by atoms with Gasteiger partial charge >= 0.3 is 0 Å². The van der Waals surface area contributed by atoms with Gasteiger partial charge in [0.25, 0.3) is 0 Å².